The summed E-state index contributed by atoms with van der Waals surface area (Å²) in [5, 5.41) is 14.0. The third kappa shape index (κ3) is 3.76. The van der Waals surface area contributed by atoms with Gasteiger partial charge in [0.1, 0.15) is 0 Å². The first-order chi connectivity index (χ1) is 14.4. The molecule has 0 bridgehead atoms. The third-order valence-corrected chi connectivity index (χ3v) is 5.71. The summed E-state index contributed by atoms with van der Waals surface area (Å²) in [6.45, 7) is 2.91. The van der Waals surface area contributed by atoms with E-state index in [-0.39, 0.29) is 6.04 Å². The molecule has 1 fully saturated rings. The van der Waals surface area contributed by atoms with Crippen molar-refractivity contribution < 1.29 is 0 Å². The van der Waals surface area contributed by atoms with E-state index in [2.05, 4.69) is 73.9 Å². The van der Waals surface area contributed by atoms with E-state index < -0.39 is 0 Å². The highest BCUT2D eigenvalue weighted by molar-refractivity contribution is 5.79. The van der Waals surface area contributed by atoms with Gasteiger partial charge in [-0.3, -0.25) is 9.88 Å². The lowest BCUT2D eigenvalue weighted by Crippen LogP contribution is -2.29. The molecule has 0 aliphatic carbocycles. The van der Waals surface area contributed by atoms with Gasteiger partial charge in [-0.25, -0.2) is 4.68 Å². The molecule has 2 aromatic heterocycles. The molecule has 6 heteroatoms. The van der Waals surface area contributed by atoms with Gasteiger partial charge < -0.3 is 0 Å². The fraction of sp³-hybridized carbons (Fsp3) is 0.304. The molecule has 0 amide bonds. The molecule has 1 unspecified atom stereocenters. The van der Waals surface area contributed by atoms with Gasteiger partial charge in [0, 0.05) is 18.1 Å². The number of aromatic nitrogens is 5. The first-order valence-corrected chi connectivity index (χ1v) is 10.3. The van der Waals surface area contributed by atoms with Gasteiger partial charge in [-0.05, 0) is 72.1 Å². The summed E-state index contributed by atoms with van der Waals surface area (Å²) in [6, 6.07) is 21.2. The van der Waals surface area contributed by atoms with E-state index in [0.29, 0.717) is 0 Å². The van der Waals surface area contributed by atoms with Gasteiger partial charge >= 0.3 is 0 Å². The molecule has 3 heterocycles. The second-order valence-electron chi connectivity index (χ2n) is 7.60. The maximum Gasteiger partial charge on any atom is 0.173 e. The van der Waals surface area contributed by atoms with Gasteiger partial charge in [0.2, 0.25) is 0 Å². The van der Waals surface area contributed by atoms with Crippen molar-refractivity contribution in [2.24, 2.45) is 0 Å². The van der Waals surface area contributed by atoms with Gasteiger partial charge in [-0.15, -0.1) is 5.10 Å². The predicted molar refractivity (Wildman–Crippen MR) is 112 cm³/mol. The number of benzene rings is 2. The van der Waals surface area contributed by atoms with E-state index in [9.17, 15) is 0 Å². The number of likely N-dealkylation sites (tertiary alicyclic amines) is 1. The number of rotatable bonds is 6. The summed E-state index contributed by atoms with van der Waals surface area (Å²) in [5.41, 5.74) is 3.53. The second-order valence-corrected chi connectivity index (χ2v) is 7.60. The number of hydrogen-bond acceptors (Lipinski definition) is 5. The number of hydrogen-bond donors (Lipinski definition) is 0. The highest BCUT2D eigenvalue weighted by atomic mass is 15.5. The summed E-state index contributed by atoms with van der Waals surface area (Å²) in [4.78, 5) is 6.97. The van der Waals surface area contributed by atoms with Crippen LogP contribution in [-0.4, -0.2) is 43.2 Å². The van der Waals surface area contributed by atoms with Crippen LogP contribution in [0.3, 0.4) is 0 Å². The van der Waals surface area contributed by atoms with Crippen LogP contribution in [0.25, 0.3) is 10.9 Å². The Morgan fingerprint density at radius 3 is 2.66 bits per heavy atom. The Labute approximate surface area is 170 Å². The molecule has 29 heavy (non-hydrogen) atoms. The fourth-order valence-corrected chi connectivity index (χ4v) is 4.23. The maximum absolute atomic E-state index is 4.47. The number of aryl methyl sites for hydroxylation is 2. The lowest BCUT2D eigenvalue weighted by atomic mass is 10.0. The van der Waals surface area contributed by atoms with Crippen LogP contribution in [0.4, 0.5) is 0 Å². The molecule has 1 aliphatic heterocycles. The Balaban J connectivity index is 1.49. The van der Waals surface area contributed by atoms with Crippen molar-refractivity contribution in [3.63, 3.8) is 0 Å². The number of pyridine rings is 1. The predicted octanol–water partition coefficient (Wildman–Crippen LogP) is 3.65. The van der Waals surface area contributed by atoms with Crippen LogP contribution in [0, 0.1) is 0 Å². The molecule has 0 N–H and O–H groups in total. The minimum atomic E-state index is 0.0629. The summed E-state index contributed by atoms with van der Waals surface area (Å²) >= 11 is 0. The summed E-state index contributed by atoms with van der Waals surface area (Å²) in [7, 11) is 0. The lowest BCUT2D eigenvalue weighted by Gasteiger charge is -2.27. The van der Waals surface area contributed by atoms with Crippen LogP contribution >= 0.6 is 0 Å². The van der Waals surface area contributed by atoms with Crippen LogP contribution in [0.15, 0.2) is 66.9 Å². The molecule has 0 spiro atoms. The van der Waals surface area contributed by atoms with Crippen LogP contribution in [-0.2, 0) is 13.0 Å². The normalized spacial score (nSPS) is 15.7. The summed E-state index contributed by atoms with van der Waals surface area (Å²) in [6.07, 6.45) is 5.19. The molecule has 0 saturated carbocycles. The molecule has 1 aliphatic rings. The zero-order valence-corrected chi connectivity index (χ0v) is 16.4. The molecule has 2 aromatic carbocycles. The Morgan fingerprint density at radius 1 is 0.931 bits per heavy atom. The molecular weight excluding hydrogens is 360 g/mol. The largest absolute Gasteiger partial charge is 0.290 e. The molecule has 4 aromatic rings. The van der Waals surface area contributed by atoms with Gasteiger partial charge in [-0.1, -0.05) is 42.5 Å². The highest BCUT2D eigenvalue weighted by Gasteiger charge is 2.29. The smallest absolute Gasteiger partial charge is 0.173 e. The maximum atomic E-state index is 4.47. The van der Waals surface area contributed by atoms with E-state index in [1.807, 2.05) is 23.0 Å². The van der Waals surface area contributed by atoms with Crippen LogP contribution in [0.1, 0.15) is 35.8 Å². The number of fused-ring (bicyclic) bond motifs is 1. The molecule has 5 rings (SSSR count). The Morgan fingerprint density at radius 2 is 1.79 bits per heavy atom. The topological polar surface area (TPSA) is 59.7 Å². The number of tetrazole rings is 1. The zero-order valence-electron chi connectivity index (χ0n) is 16.4. The van der Waals surface area contributed by atoms with Crippen LogP contribution < -0.4 is 0 Å². The first kappa shape index (κ1) is 17.9. The van der Waals surface area contributed by atoms with E-state index in [4.69, 9.17) is 0 Å². The molecule has 0 radical (unpaired) electrons. The zero-order chi connectivity index (χ0) is 19.5. The van der Waals surface area contributed by atoms with Gasteiger partial charge in [0.05, 0.1) is 11.6 Å². The van der Waals surface area contributed by atoms with Crippen molar-refractivity contribution in [1.29, 1.82) is 0 Å². The van der Waals surface area contributed by atoms with Crippen LogP contribution in [0.2, 0.25) is 0 Å². The lowest BCUT2D eigenvalue weighted by molar-refractivity contribution is 0.263. The van der Waals surface area contributed by atoms with Crippen molar-refractivity contribution in [2.45, 2.75) is 31.8 Å². The van der Waals surface area contributed by atoms with Crippen molar-refractivity contribution in [3.05, 3.63) is 83.8 Å². The van der Waals surface area contributed by atoms with Gasteiger partial charge in [-0.2, -0.15) is 0 Å². The number of nitrogens with zero attached hydrogens (tertiary/aromatic N) is 6. The average Bonchev–Trinajstić information content (AvgIpc) is 3.46. The quantitative estimate of drug-likeness (QED) is 0.508. The monoisotopic (exact) mass is 384 g/mol. The minimum absolute atomic E-state index is 0.0629. The molecule has 1 atom stereocenters. The van der Waals surface area contributed by atoms with Crippen molar-refractivity contribution >= 4 is 10.9 Å². The molecule has 1 saturated heterocycles. The minimum Gasteiger partial charge on any atom is -0.290 e. The SMILES string of the molecule is c1ccc(CCn2nnnc2C(c2ccc3ncccc3c2)N2CCCC2)cc1. The fourth-order valence-electron chi connectivity index (χ4n) is 4.23. The summed E-state index contributed by atoms with van der Waals surface area (Å²) < 4.78 is 1.98. The molecule has 146 valence electrons. The van der Waals surface area contributed by atoms with E-state index in [1.165, 1.54) is 24.0 Å². The Kier molecular flexibility index (Phi) is 5.01. The standard InChI is InChI=1S/C23H24N6/c1-2-7-18(8-3-1)12-16-29-23(25-26-27-29)22(28-14-4-5-15-28)20-10-11-21-19(17-20)9-6-13-24-21/h1-3,6-11,13,17,22H,4-5,12,14-16H2. The van der Waals surface area contributed by atoms with E-state index >= 15 is 0 Å². The van der Waals surface area contributed by atoms with E-state index in [1.54, 1.807) is 0 Å². The Hall–Kier alpha value is -3.12. The van der Waals surface area contributed by atoms with E-state index in [0.717, 1.165) is 42.8 Å². The van der Waals surface area contributed by atoms with Gasteiger partial charge in [0.25, 0.3) is 0 Å². The Bertz CT molecular complexity index is 1080. The third-order valence-electron chi connectivity index (χ3n) is 5.71. The highest BCUT2D eigenvalue weighted by Crippen LogP contribution is 2.31. The van der Waals surface area contributed by atoms with Crippen LogP contribution in [0.5, 0.6) is 0 Å². The molecule has 6 nitrogen and oxygen atoms in total. The van der Waals surface area contributed by atoms with Crippen molar-refractivity contribution in [2.75, 3.05) is 13.1 Å². The van der Waals surface area contributed by atoms with Gasteiger partial charge in [0.15, 0.2) is 5.82 Å². The summed E-state index contributed by atoms with van der Waals surface area (Å²) in [5.74, 6) is 0.922. The molecular formula is C23H24N6. The average molecular weight is 384 g/mol. The second kappa shape index (κ2) is 8.09. The van der Waals surface area contributed by atoms with Crippen molar-refractivity contribution in [1.82, 2.24) is 30.1 Å². The first-order valence-electron chi connectivity index (χ1n) is 10.3. The van der Waals surface area contributed by atoms with Crippen molar-refractivity contribution in [3.8, 4) is 0 Å².